The first kappa shape index (κ1) is 13.4. The van der Waals surface area contributed by atoms with Gasteiger partial charge >= 0.3 is 0 Å². The Morgan fingerprint density at radius 3 is 2.35 bits per heavy atom. The molecule has 0 fully saturated rings. The standard InChI is InChI=1S/C12H16F2N2O/c1-4-16(7(2)3)12(17)8-5-9(13)10(14)6-11(8)15/h5-7H,4,15H2,1-3H3. The number of carbonyl (C=O) groups excluding carboxylic acids is 1. The lowest BCUT2D eigenvalue weighted by atomic mass is 10.1. The van der Waals surface area contributed by atoms with Crippen LogP contribution < -0.4 is 5.73 Å². The highest BCUT2D eigenvalue weighted by Gasteiger charge is 2.21. The molecule has 3 nitrogen and oxygen atoms in total. The van der Waals surface area contributed by atoms with Crippen molar-refractivity contribution < 1.29 is 13.6 Å². The topological polar surface area (TPSA) is 46.3 Å². The lowest BCUT2D eigenvalue weighted by molar-refractivity contribution is 0.0717. The molecule has 0 heterocycles. The van der Waals surface area contributed by atoms with Crippen LogP contribution in [0.3, 0.4) is 0 Å². The number of hydrogen-bond acceptors (Lipinski definition) is 2. The molecule has 0 aliphatic rings. The van der Waals surface area contributed by atoms with E-state index in [1.54, 1.807) is 0 Å². The highest BCUT2D eigenvalue weighted by Crippen LogP contribution is 2.19. The summed E-state index contributed by atoms with van der Waals surface area (Å²) in [6.45, 7) is 5.98. The molecule has 0 spiro atoms. The van der Waals surface area contributed by atoms with E-state index in [0.29, 0.717) is 6.54 Å². The Hall–Kier alpha value is -1.65. The van der Waals surface area contributed by atoms with Gasteiger partial charge in [0.05, 0.1) is 5.56 Å². The minimum Gasteiger partial charge on any atom is -0.398 e. The average molecular weight is 242 g/mol. The van der Waals surface area contributed by atoms with Crippen LogP contribution in [0.1, 0.15) is 31.1 Å². The number of nitrogens with zero attached hydrogens (tertiary/aromatic N) is 1. The fourth-order valence-electron chi connectivity index (χ4n) is 1.65. The summed E-state index contributed by atoms with van der Waals surface area (Å²) in [5, 5.41) is 0. The van der Waals surface area contributed by atoms with Gasteiger partial charge in [0.1, 0.15) is 0 Å². The Morgan fingerprint density at radius 1 is 1.35 bits per heavy atom. The maximum absolute atomic E-state index is 13.1. The van der Waals surface area contributed by atoms with Crippen molar-refractivity contribution in [2.45, 2.75) is 26.8 Å². The van der Waals surface area contributed by atoms with Crippen molar-refractivity contribution in [1.29, 1.82) is 0 Å². The van der Waals surface area contributed by atoms with Gasteiger partial charge in [0, 0.05) is 24.3 Å². The number of carbonyl (C=O) groups is 1. The molecule has 0 unspecified atom stereocenters. The largest absolute Gasteiger partial charge is 0.398 e. The minimum atomic E-state index is -1.07. The molecular weight excluding hydrogens is 226 g/mol. The van der Waals surface area contributed by atoms with Gasteiger partial charge in [0.25, 0.3) is 5.91 Å². The van der Waals surface area contributed by atoms with E-state index in [-0.39, 0.29) is 23.2 Å². The van der Waals surface area contributed by atoms with Crippen LogP contribution in [-0.4, -0.2) is 23.4 Å². The first-order valence-corrected chi connectivity index (χ1v) is 5.44. The lowest BCUT2D eigenvalue weighted by Gasteiger charge is -2.25. The van der Waals surface area contributed by atoms with Crippen LogP contribution in [0.4, 0.5) is 14.5 Å². The molecule has 0 saturated carbocycles. The molecule has 1 amide bonds. The number of rotatable bonds is 3. The normalized spacial score (nSPS) is 10.7. The Bertz CT molecular complexity index is 433. The molecule has 0 aliphatic carbocycles. The third-order valence-electron chi connectivity index (χ3n) is 2.55. The van der Waals surface area contributed by atoms with Crippen molar-refractivity contribution in [3.05, 3.63) is 29.3 Å². The molecule has 5 heteroatoms. The molecule has 1 rings (SSSR count). The molecular formula is C12H16F2N2O. The van der Waals surface area contributed by atoms with Crippen LogP contribution in [0, 0.1) is 11.6 Å². The number of halogens is 2. The monoisotopic (exact) mass is 242 g/mol. The summed E-state index contributed by atoms with van der Waals surface area (Å²) in [6, 6.07) is 1.65. The molecule has 0 bridgehead atoms. The summed E-state index contributed by atoms with van der Waals surface area (Å²) in [6.07, 6.45) is 0. The van der Waals surface area contributed by atoms with Gasteiger partial charge in [-0.3, -0.25) is 4.79 Å². The van der Waals surface area contributed by atoms with Crippen molar-refractivity contribution in [2.24, 2.45) is 0 Å². The van der Waals surface area contributed by atoms with E-state index in [1.165, 1.54) is 4.90 Å². The number of benzene rings is 1. The fraction of sp³-hybridized carbons (Fsp3) is 0.417. The van der Waals surface area contributed by atoms with Crippen LogP contribution in [0.5, 0.6) is 0 Å². The summed E-state index contributed by atoms with van der Waals surface area (Å²) in [5.41, 5.74) is 5.48. The lowest BCUT2D eigenvalue weighted by Crippen LogP contribution is -2.37. The molecule has 1 aromatic rings. The maximum atomic E-state index is 13.1. The summed E-state index contributed by atoms with van der Waals surface area (Å²) >= 11 is 0. The molecule has 0 aliphatic heterocycles. The Kier molecular flexibility index (Phi) is 4.04. The van der Waals surface area contributed by atoms with Crippen LogP contribution in [0.15, 0.2) is 12.1 Å². The van der Waals surface area contributed by atoms with E-state index < -0.39 is 11.6 Å². The number of nitrogen functional groups attached to an aromatic ring is 1. The highest BCUT2D eigenvalue weighted by atomic mass is 19.2. The summed E-state index contributed by atoms with van der Waals surface area (Å²) in [5.74, 6) is -2.51. The second kappa shape index (κ2) is 5.12. The molecule has 94 valence electrons. The molecule has 2 N–H and O–H groups in total. The first-order chi connectivity index (χ1) is 7.88. The highest BCUT2D eigenvalue weighted by molar-refractivity contribution is 5.99. The summed E-state index contributed by atoms with van der Waals surface area (Å²) < 4.78 is 26.0. The molecule has 0 radical (unpaired) electrons. The smallest absolute Gasteiger partial charge is 0.256 e. The third-order valence-corrected chi connectivity index (χ3v) is 2.55. The van der Waals surface area contributed by atoms with Gasteiger partial charge < -0.3 is 10.6 Å². The fourth-order valence-corrected chi connectivity index (χ4v) is 1.65. The van der Waals surface area contributed by atoms with Crippen molar-refractivity contribution in [3.8, 4) is 0 Å². The second-order valence-corrected chi connectivity index (χ2v) is 4.04. The van der Waals surface area contributed by atoms with Gasteiger partial charge in [-0.05, 0) is 26.8 Å². The predicted molar refractivity (Wildman–Crippen MR) is 62.6 cm³/mol. The molecule has 0 atom stereocenters. The van der Waals surface area contributed by atoms with E-state index in [0.717, 1.165) is 12.1 Å². The van der Waals surface area contributed by atoms with Gasteiger partial charge in [-0.2, -0.15) is 0 Å². The number of nitrogens with two attached hydrogens (primary N) is 1. The molecule has 0 aromatic heterocycles. The van der Waals surface area contributed by atoms with Crippen LogP contribution in [-0.2, 0) is 0 Å². The van der Waals surface area contributed by atoms with E-state index in [9.17, 15) is 13.6 Å². The van der Waals surface area contributed by atoms with Gasteiger partial charge in [-0.1, -0.05) is 0 Å². The van der Waals surface area contributed by atoms with Crippen molar-refractivity contribution in [3.63, 3.8) is 0 Å². The first-order valence-electron chi connectivity index (χ1n) is 5.44. The Morgan fingerprint density at radius 2 is 1.88 bits per heavy atom. The van der Waals surface area contributed by atoms with Crippen molar-refractivity contribution >= 4 is 11.6 Å². The minimum absolute atomic E-state index is 0.000509. The summed E-state index contributed by atoms with van der Waals surface area (Å²) in [4.78, 5) is 13.6. The van der Waals surface area contributed by atoms with E-state index in [1.807, 2.05) is 20.8 Å². The predicted octanol–water partition coefficient (Wildman–Crippen LogP) is 2.42. The quantitative estimate of drug-likeness (QED) is 0.827. The van der Waals surface area contributed by atoms with Gasteiger partial charge in [0.15, 0.2) is 11.6 Å². The number of anilines is 1. The van der Waals surface area contributed by atoms with Gasteiger partial charge in [-0.25, -0.2) is 8.78 Å². The Balaban J connectivity index is 3.16. The van der Waals surface area contributed by atoms with E-state index in [4.69, 9.17) is 5.73 Å². The van der Waals surface area contributed by atoms with Crippen LogP contribution in [0.25, 0.3) is 0 Å². The molecule has 17 heavy (non-hydrogen) atoms. The summed E-state index contributed by atoms with van der Waals surface area (Å²) in [7, 11) is 0. The van der Waals surface area contributed by atoms with Crippen molar-refractivity contribution in [2.75, 3.05) is 12.3 Å². The Labute approximate surface area is 99.2 Å². The van der Waals surface area contributed by atoms with Crippen molar-refractivity contribution in [1.82, 2.24) is 4.90 Å². The van der Waals surface area contributed by atoms with Gasteiger partial charge in [-0.15, -0.1) is 0 Å². The number of amides is 1. The second-order valence-electron chi connectivity index (χ2n) is 4.04. The zero-order chi connectivity index (χ0) is 13.2. The van der Waals surface area contributed by atoms with Gasteiger partial charge in [0.2, 0.25) is 0 Å². The van der Waals surface area contributed by atoms with E-state index in [2.05, 4.69) is 0 Å². The molecule has 1 aromatic carbocycles. The van der Waals surface area contributed by atoms with Crippen LogP contribution in [0.2, 0.25) is 0 Å². The number of hydrogen-bond donors (Lipinski definition) is 1. The zero-order valence-corrected chi connectivity index (χ0v) is 10.1. The van der Waals surface area contributed by atoms with Crippen LogP contribution >= 0.6 is 0 Å². The third kappa shape index (κ3) is 2.72. The molecule has 0 saturated heterocycles. The maximum Gasteiger partial charge on any atom is 0.256 e. The SMILES string of the molecule is CCN(C(=O)c1cc(F)c(F)cc1N)C(C)C. The van der Waals surface area contributed by atoms with E-state index >= 15 is 0 Å². The average Bonchev–Trinajstić information content (AvgIpc) is 2.23. The zero-order valence-electron chi connectivity index (χ0n) is 10.1.